The predicted molar refractivity (Wildman–Crippen MR) is 71.0 cm³/mol. The first kappa shape index (κ1) is 12.7. The van der Waals surface area contributed by atoms with E-state index in [1.807, 2.05) is 19.9 Å². The Bertz CT molecular complexity index is 648. The number of para-hydroxylation sites is 1. The number of nitriles is 1. The number of carbonyl (C=O) groups is 2. The largest absolute Gasteiger partial charge is 0.495 e. The summed E-state index contributed by atoms with van der Waals surface area (Å²) < 4.78 is 5.20. The number of fused-ring (bicyclic) bond motifs is 1. The minimum Gasteiger partial charge on any atom is -0.495 e. The van der Waals surface area contributed by atoms with Crippen LogP contribution in [0.25, 0.3) is 0 Å². The van der Waals surface area contributed by atoms with Crippen LogP contribution in [0.5, 0.6) is 5.75 Å². The lowest BCUT2D eigenvalue weighted by molar-refractivity contribution is -0.125. The Morgan fingerprint density at radius 3 is 2.35 bits per heavy atom. The van der Waals surface area contributed by atoms with Crippen molar-refractivity contribution in [2.75, 3.05) is 12.0 Å². The Morgan fingerprint density at radius 1 is 1.25 bits per heavy atom. The maximum Gasteiger partial charge on any atom is 0.238 e. The number of ether oxygens (including phenoxy) is 1. The van der Waals surface area contributed by atoms with E-state index >= 15 is 0 Å². The SMILES string of the molecule is COc1cccc(C#N)c1N1C(=O)C2C(C1=O)C2(C)C. The van der Waals surface area contributed by atoms with Crippen molar-refractivity contribution in [3.8, 4) is 11.8 Å². The Kier molecular flexibility index (Phi) is 2.42. The van der Waals surface area contributed by atoms with Crippen LogP contribution in [0.3, 0.4) is 0 Å². The molecule has 5 heteroatoms. The zero-order chi connectivity index (χ0) is 14.7. The number of methoxy groups -OCH3 is 1. The van der Waals surface area contributed by atoms with Crippen LogP contribution in [0.15, 0.2) is 18.2 Å². The van der Waals surface area contributed by atoms with Crippen molar-refractivity contribution < 1.29 is 14.3 Å². The quantitative estimate of drug-likeness (QED) is 0.767. The summed E-state index contributed by atoms with van der Waals surface area (Å²) >= 11 is 0. The highest BCUT2D eigenvalue weighted by molar-refractivity contribution is 6.26. The third kappa shape index (κ3) is 1.36. The fourth-order valence-corrected chi connectivity index (χ4v) is 3.17. The first-order valence-corrected chi connectivity index (χ1v) is 6.40. The number of nitrogens with zero attached hydrogens (tertiary/aromatic N) is 2. The summed E-state index contributed by atoms with van der Waals surface area (Å²) in [6.45, 7) is 3.84. The molecule has 2 fully saturated rings. The lowest BCUT2D eigenvalue weighted by Gasteiger charge is -2.23. The van der Waals surface area contributed by atoms with Crippen LogP contribution in [0.1, 0.15) is 19.4 Å². The highest BCUT2D eigenvalue weighted by atomic mass is 16.5. The van der Waals surface area contributed by atoms with Gasteiger partial charge in [0.25, 0.3) is 0 Å². The second kappa shape index (κ2) is 3.83. The van der Waals surface area contributed by atoms with Crippen molar-refractivity contribution in [1.29, 1.82) is 5.26 Å². The molecular formula is C15H14N2O3. The van der Waals surface area contributed by atoms with Crippen molar-refractivity contribution in [2.24, 2.45) is 17.3 Å². The van der Waals surface area contributed by atoms with Gasteiger partial charge in [0, 0.05) is 0 Å². The molecule has 0 bridgehead atoms. The molecule has 2 amide bonds. The summed E-state index contributed by atoms with van der Waals surface area (Å²) in [7, 11) is 1.45. The van der Waals surface area contributed by atoms with Gasteiger partial charge < -0.3 is 4.74 Å². The van der Waals surface area contributed by atoms with E-state index in [9.17, 15) is 14.9 Å². The molecule has 2 unspecified atom stereocenters. The van der Waals surface area contributed by atoms with Gasteiger partial charge >= 0.3 is 0 Å². The third-order valence-corrected chi connectivity index (χ3v) is 4.36. The lowest BCUT2D eigenvalue weighted by atomic mass is 10.0. The van der Waals surface area contributed by atoms with E-state index < -0.39 is 0 Å². The molecule has 1 saturated heterocycles. The molecule has 20 heavy (non-hydrogen) atoms. The number of hydrogen-bond acceptors (Lipinski definition) is 4. The van der Waals surface area contributed by atoms with Gasteiger partial charge in [-0.1, -0.05) is 19.9 Å². The van der Waals surface area contributed by atoms with E-state index in [2.05, 4.69) is 0 Å². The summed E-state index contributed by atoms with van der Waals surface area (Å²) in [6.07, 6.45) is 0. The Morgan fingerprint density at radius 2 is 1.85 bits per heavy atom. The molecule has 3 rings (SSSR count). The van der Waals surface area contributed by atoms with E-state index in [1.165, 1.54) is 7.11 Å². The van der Waals surface area contributed by atoms with Gasteiger partial charge in [-0.15, -0.1) is 0 Å². The molecule has 1 aliphatic heterocycles. The van der Waals surface area contributed by atoms with Gasteiger partial charge in [-0.25, -0.2) is 4.90 Å². The molecule has 2 aliphatic rings. The van der Waals surface area contributed by atoms with E-state index in [0.717, 1.165) is 4.90 Å². The fourth-order valence-electron chi connectivity index (χ4n) is 3.17. The minimum atomic E-state index is -0.272. The molecule has 2 atom stereocenters. The average Bonchev–Trinajstić information content (AvgIpc) is 2.89. The smallest absolute Gasteiger partial charge is 0.238 e. The standard InChI is InChI=1S/C15H14N2O3/c1-15(2)10-11(15)14(19)17(13(10)18)12-8(7-16)5-4-6-9(12)20-3/h4-6,10-11H,1-3H3. The van der Waals surface area contributed by atoms with Crippen molar-refractivity contribution in [1.82, 2.24) is 0 Å². The summed E-state index contributed by atoms with van der Waals surface area (Å²) in [5.41, 5.74) is 0.278. The molecule has 0 aromatic heterocycles. The number of rotatable bonds is 2. The maximum absolute atomic E-state index is 12.4. The summed E-state index contributed by atoms with van der Waals surface area (Å²) in [5, 5.41) is 9.20. The summed E-state index contributed by atoms with van der Waals surface area (Å²) in [5.74, 6) is -0.639. The molecule has 1 aliphatic carbocycles. The van der Waals surface area contributed by atoms with Crippen LogP contribution in [0.4, 0.5) is 5.69 Å². The molecule has 1 saturated carbocycles. The van der Waals surface area contributed by atoms with Crippen molar-refractivity contribution in [3.63, 3.8) is 0 Å². The zero-order valence-corrected chi connectivity index (χ0v) is 11.5. The topological polar surface area (TPSA) is 70.4 Å². The molecule has 5 nitrogen and oxygen atoms in total. The van der Waals surface area contributed by atoms with E-state index in [-0.39, 0.29) is 40.3 Å². The van der Waals surface area contributed by atoms with Gasteiger partial charge in [-0.05, 0) is 17.5 Å². The number of carbonyl (C=O) groups excluding carboxylic acids is 2. The van der Waals surface area contributed by atoms with Crippen LogP contribution in [-0.2, 0) is 9.59 Å². The van der Waals surface area contributed by atoms with Gasteiger partial charge in [0.1, 0.15) is 17.5 Å². The van der Waals surface area contributed by atoms with Crippen LogP contribution >= 0.6 is 0 Å². The molecular weight excluding hydrogens is 256 g/mol. The monoisotopic (exact) mass is 270 g/mol. The number of benzene rings is 1. The molecule has 1 aromatic rings. The first-order valence-electron chi connectivity index (χ1n) is 6.40. The van der Waals surface area contributed by atoms with Gasteiger partial charge in [-0.2, -0.15) is 5.26 Å². The Balaban J connectivity index is 2.11. The molecule has 0 N–H and O–H groups in total. The lowest BCUT2D eigenvalue weighted by Crippen LogP contribution is -2.37. The molecule has 1 heterocycles. The summed E-state index contributed by atoms with van der Waals surface area (Å²) in [4.78, 5) is 26.0. The third-order valence-electron chi connectivity index (χ3n) is 4.36. The number of anilines is 1. The Labute approximate surface area is 116 Å². The van der Waals surface area contributed by atoms with E-state index in [1.54, 1.807) is 18.2 Å². The maximum atomic E-state index is 12.4. The number of hydrogen-bond donors (Lipinski definition) is 0. The number of imide groups is 1. The van der Waals surface area contributed by atoms with Crippen LogP contribution in [0, 0.1) is 28.6 Å². The second-order valence-electron chi connectivity index (χ2n) is 5.76. The highest BCUT2D eigenvalue weighted by Gasteiger charge is 2.73. The number of piperidine rings is 1. The van der Waals surface area contributed by atoms with E-state index in [0.29, 0.717) is 5.75 Å². The normalized spacial score (nSPS) is 26.2. The zero-order valence-electron chi connectivity index (χ0n) is 11.5. The van der Waals surface area contributed by atoms with Gasteiger partial charge in [0.2, 0.25) is 11.8 Å². The van der Waals surface area contributed by atoms with Crippen molar-refractivity contribution >= 4 is 17.5 Å². The fraction of sp³-hybridized carbons (Fsp3) is 0.400. The number of amides is 2. The van der Waals surface area contributed by atoms with Crippen LogP contribution in [-0.4, -0.2) is 18.9 Å². The van der Waals surface area contributed by atoms with Crippen molar-refractivity contribution in [2.45, 2.75) is 13.8 Å². The minimum absolute atomic E-state index is 0.231. The average molecular weight is 270 g/mol. The van der Waals surface area contributed by atoms with Gasteiger partial charge in [0.15, 0.2) is 0 Å². The van der Waals surface area contributed by atoms with Gasteiger partial charge in [0.05, 0.1) is 24.5 Å². The van der Waals surface area contributed by atoms with Gasteiger partial charge in [-0.3, -0.25) is 9.59 Å². The molecule has 1 aromatic carbocycles. The van der Waals surface area contributed by atoms with E-state index in [4.69, 9.17) is 4.74 Å². The predicted octanol–water partition coefficient (Wildman–Crippen LogP) is 1.71. The molecule has 0 spiro atoms. The highest BCUT2D eigenvalue weighted by Crippen LogP contribution is 2.64. The first-order chi connectivity index (χ1) is 9.45. The molecule has 102 valence electrons. The van der Waals surface area contributed by atoms with Crippen LogP contribution < -0.4 is 9.64 Å². The summed E-state index contributed by atoms with van der Waals surface area (Å²) in [6, 6.07) is 6.90. The van der Waals surface area contributed by atoms with Crippen molar-refractivity contribution in [3.05, 3.63) is 23.8 Å². The molecule has 0 radical (unpaired) electrons. The van der Waals surface area contributed by atoms with Crippen LogP contribution in [0.2, 0.25) is 0 Å². The second-order valence-corrected chi connectivity index (χ2v) is 5.76. The Hall–Kier alpha value is -2.35.